The smallest absolute Gasteiger partial charge is 0.166 e. The Morgan fingerprint density at radius 1 is 0.400 bits per heavy atom. The van der Waals surface area contributed by atoms with Crippen molar-refractivity contribution in [2.24, 2.45) is 0 Å². The zero-order valence-electron chi connectivity index (χ0n) is 24.5. The van der Waals surface area contributed by atoms with Crippen LogP contribution < -0.4 is 0 Å². The van der Waals surface area contributed by atoms with E-state index in [9.17, 15) is 13.2 Å². The number of aryl methyl sites for hydroxylation is 1. The highest BCUT2D eigenvalue weighted by Gasteiger charge is 2.31. The van der Waals surface area contributed by atoms with E-state index in [4.69, 9.17) is 0 Å². The Morgan fingerprint density at radius 2 is 0.933 bits per heavy atom. The molecule has 0 saturated heterocycles. The lowest BCUT2D eigenvalue weighted by molar-refractivity contribution is -0.137. The van der Waals surface area contributed by atoms with Gasteiger partial charge >= 0.3 is 6.18 Å². The number of halogens is 3. The van der Waals surface area contributed by atoms with Crippen LogP contribution in [0.15, 0.2) is 146 Å². The first-order valence-electron chi connectivity index (χ1n) is 15.0. The molecule has 0 radical (unpaired) electrons. The Kier molecular flexibility index (Phi) is 6.25. The van der Waals surface area contributed by atoms with E-state index in [1.54, 1.807) is 6.07 Å². The van der Waals surface area contributed by atoms with E-state index in [2.05, 4.69) is 72.8 Å². The summed E-state index contributed by atoms with van der Waals surface area (Å²) in [5, 5.41) is 7.74. The first-order valence-corrected chi connectivity index (χ1v) is 15.0. The van der Waals surface area contributed by atoms with Gasteiger partial charge < -0.3 is 0 Å². The van der Waals surface area contributed by atoms with Crippen LogP contribution in [0.4, 0.5) is 13.2 Å². The predicted molar refractivity (Wildman–Crippen MR) is 183 cm³/mol. The van der Waals surface area contributed by atoms with Gasteiger partial charge in [0.05, 0.1) is 5.56 Å². The van der Waals surface area contributed by atoms with Crippen LogP contribution in [-0.4, -0.2) is 0 Å². The Hall–Kier alpha value is -5.41. The summed E-state index contributed by atoms with van der Waals surface area (Å²) in [7, 11) is 0. The summed E-state index contributed by atoms with van der Waals surface area (Å²) >= 11 is 0. The molecule has 0 unspecified atom stereocenters. The zero-order valence-corrected chi connectivity index (χ0v) is 24.5. The standard InChI is InChI=1S/C42H27F3/c1-26-16-22-36-38(24-26)41(35-15-7-11-28-9-3-5-13-34(28)35)39-25-31(42(43,44)45)21-23-37(39)40(36)30-19-17-29(18-20-30)33-14-6-10-27-8-2-4-12-32(27)33/h2-25H,1H3. The summed E-state index contributed by atoms with van der Waals surface area (Å²) in [4.78, 5) is 0. The Morgan fingerprint density at radius 3 is 1.60 bits per heavy atom. The molecule has 8 aromatic carbocycles. The molecular weight excluding hydrogens is 561 g/mol. The number of alkyl halides is 3. The largest absolute Gasteiger partial charge is 0.416 e. The van der Waals surface area contributed by atoms with Crippen LogP contribution in [0.5, 0.6) is 0 Å². The van der Waals surface area contributed by atoms with Crippen LogP contribution in [0, 0.1) is 6.92 Å². The topological polar surface area (TPSA) is 0 Å². The molecule has 0 heterocycles. The minimum atomic E-state index is -4.47. The number of hydrogen-bond donors (Lipinski definition) is 0. The lowest BCUT2D eigenvalue weighted by Crippen LogP contribution is -2.05. The molecule has 0 spiro atoms. The molecule has 3 heteroatoms. The van der Waals surface area contributed by atoms with Gasteiger partial charge in [-0.15, -0.1) is 0 Å². The highest BCUT2D eigenvalue weighted by Crippen LogP contribution is 2.47. The van der Waals surface area contributed by atoms with Crippen molar-refractivity contribution in [1.82, 2.24) is 0 Å². The maximum atomic E-state index is 14.2. The Bertz CT molecular complexity index is 2400. The van der Waals surface area contributed by atoms with Gasteiger partial charge in [0.1, 0.15) is 0 Å². The zero-order chi connectivity index (χ0) is 30.7. The number of hydrogen-bond acceptors (Lipinski definition) is 0. The third-order valence-corrected chi connectivity index (χ3v) is 8.93. The number of benzene rings is 8. The molecule has 0 N–H and O–H groups in total. The molecular formula is C42H27F3. The van der Waals surface area contributed by atoms with Gasteiger partial charge in [0.25, 0.3) is 0 Å². The molecule has 0 aromatic heterocycles. The van der Waals surface area contributed by atoms with E-state index in [0.717, 1.165) is 65.9 Å². The van der Waals surface area contributed by atoms with E-state index in [0.29, 0.717) is 5.39 Å². The second-order valence-electron chi connectivity index (χ2n) is 11.7. The monoisotopic (exact) mass is 588 g/mol. The summed E-state index contributed by atoms with van der Waals surface area (Å²) < 4.78 is 42.7. The average Bonchev–Trinajstić information content (AvgIpc) is 3.06. The van der Waals surface area contributed by atoms with Crippen molar-refractivity contribution in [3.63, 3.8) is 0 Å². The fourth-order valence-corrected chi connectivity index (χ4v) is 6.86. The Labute approximate surface area is 259 Å². The van der Waals surface area contributed by atoms with Crippen molar-refractivity contribution >= 4 is 43.1 Å². The highest BCUT2D eigenvalue weighted by molar-refractivity contribution is 6.23. The second-order valence-corrected chi connectivity index (χ2v) is 11.7. The lowest BCUT2D eigenvalue weighted by Gasteiger charge is -2.20. The molecule has 0 amide bonds. The quantitative estimate of drug-likeness (QED) is 0.180. The van der Waals surface area contributed by atoms with Crippen LogP contribution in [0.3, 0.4) is 0 Å². The van der Waals surface area contributed by atoms with E-state index < -0.39 is 11.7 Å². The Balaban J connectivity index is 1.44. The molecule has 0 aliphatic carbocycles. The van der Waals surface area contributed by atoms with Gasteiger partial charge in [0.2, 0.25) is 0 Å². The normalized spacial score (nSPS) is 12.0. The molecule has 0 fully saturated rings. The van der Waals surface area contributed by atoms with Crippen LogP contribution in [0.1, 0.15) is 11.1 Å². The molecule has 0 bridgehead atoms. The van der Waals surface area contributed by atoms with Crippen molar-refractivity contribution in [3.05, 3.63) is 157 Å². The van der Waals surface area contributed by atoms with E-state index >= 15 is 0 Å². The summed E-state index contributed by atoms with van der Waals surface area (Å²) in [6, 6.07) is 47.7. The summed E-state index contributed by atoms with van der Waals surface area (Å²) in [5.41, 5.74) is 6.27. The van der Waals surface area contributed by atoms with Gasteiger partial charge in [0.15, 0.2) is 0 Å². The molecule has 0 nitrogen and oxygen atoms in total. The summed E-state index contributed by atoms with van der Waals surface area (Å²) in [5.74, 6) is 0. The van der Waals surface area contributed by atoms with Crippen molar-refractivity contribution < 1.29 is 13.2 Å². The summed E-state index contributed by atoms with van der Waals surface area (Å²) in [6.45, 7) is 2.03. The van der Waals surface area contributed by atoms with Crippen LogP contribution in [0.2, 0.25) is 0 Å². The fraction of sp³-hybridized carbons (Fsp3) is 0.0476. The van der Waals surface area contributed by atoms with Crippen LogP contribution in [-0.2, 0) is 6.18 Å². The lowest BCUT2D eigenvalue weighted by atomic mass is 9.83. The molecule has 216 valence electrons. The maximum absolute atomic E-state index is 14.2. The molecule has 0 atom stereocenters. The molecule has 45 heavy (non-hydrogen) atoms. The van der Waals surface area contributed by atoms with Crippen molar-refractivity contribution in [1.29, 1.82) is 0 Å². The third-order valence-electron chi connectivity index (χ3n) is 8.93. The first kappa shape index (κ1) is 27.2. The van der Waals surface area contributed by atoms with Gasteiger partial charge in [-0.3, -0.25) is 0 Å². The van der Waals surface area contributed by atoms with Crippen molar-refractivity contribution in [3.8, 4) is 33.4 Å². The van der Waals surface area contributed by atoms with E-state index in [1.807, 2.05) is 61.5 Å². The highest BCUT2D eigenvalue weighted by atomic mass is 19.4. The average molecular weight is 589 g/mol. The van der Waals surface area contributed by atoms with Crippen molar-refractivity contribution in [2.75, 3.05) is 0 Å². The second kappa shape index (κ2) is 10.3. The molecule has 0 aliphatic rings. The maximum Gasteiger partial charge on any atom is 0.416 e. The predicted octanol–water partition coefficient (Wildman–Crippen LogP) is 12.6. The van der Waals surface area contributed by atoms with Crippen LogP contribution >= 0.6 is 0 Å². The first-order chi connectivity index (χ1) is 21.9. The van der Waals surface area contributed by atoms with Gasteiger partial charge in [0, 0.05) is 0 Å². The molecule has 0 aliphatic heterocycles. The van der Waals surface area contributed by atoms with E-state index in [-0.39, 0.29) is 0 Å². The van der Waals surface area contributed by atoms with Gasteiger partial charge in [-0.25, -0.2) is 0 Å². The third kappa shape index (κ3) is 4.55. The minimum Gasteiger partial charge on any atom is -0.166 e. The van der Waals surface area contributed by atoms with Crippen LogP contribution in [0.25, 0.3) is 76.5 Å². The van der Waals surface area contributed by atoms with Crippen molar-refractivity contribution in [2.45, 2.75) is 13.1 Å². The molecule has 8 rings (SSSR count). The van der Waals surface area contributed by atoms with Gasteiger partial charge in [-0.1, -0.05) is 139 Å². The summed E-state index contributed by atoms with van der Waals surface area (Å²) in [6.07, 6.45) is -4.47. The minimum absolute atomic E-state index is 0.590. The molecule has 0 saturated carbocycles. The number of fused-ring (bicyclic) bond motifs is 4. The SMILES string of the molecule is Cc1ccc2c(-c3ccc(-c4cccc5ccccc45)cc3)c3ccc(C(F)(F)F)cc3c(-c3cccc4ccccc34)c2c1. The fourth-order valence-electron chi connectivity index (χ4n) is 6.86. The van der Waals surface area contributed by atoms with Gasteiger partial charge in [-0.2, -0.15) is 13.2 Å². The molecule has 8 aromatic rings. The van der Waals surface area contributed by atoms with E-state index in [1.165, 1.54) is 22.9 Å². The van der Waals surface area contributed by atoms with Gasteiger partial charge in [-0.05, 0) is 95.5 Å². The number of rotatable bonds is 3.